The number of ether oxygens (including phenoxy) is 2. The van der Waals surface area contributed by atoms with E-state index in [1.54, 1.807) is 19.2 Å². The Balaban J connectivity index is 1.58. The lowest BCUT2D eigenvalue weighted by molar-refractivity contribution is -0.112. The predicted molar refractivity (Wildman–Crippen MR) is 147 cm³/mol. The van der Waals surface area contributed by atoms with Gasteiger partial charge in [0, 0.05) is 5.69 Å². The zero-order chi connectivity index (χ0) is 25.7. The number of aryl methyl sites for hydroxylation is 1. The minimum Gasteiger partial charge on any atom is -0.493 e. The molecule has 0 saturated heterocycles. The number of nitriles is 1. The third-order valence-corrected chi connectivity index (χ3v) is 6.62. The number of benzene rings is 4. The lowest BCUT2D eigenvalue weighted by atomic mass is 10.1. The van der Waals surface area contributed by atoms with Crippen LogP contribution in [0.3, 0.4) is 0 Å². The van der Waals surface area contributed by atoms with Crippen molar-refractivity contribution >= 4 is 44.4 Å². The van der Waals surface area contributed by atoms with Crippen LogP contribution in [-0.4, -0.2) is 13.0 Å². The van der Waals surface area contributed by atoms with Gasteiger partial charge in [-0.15, -0.1) is 0 Å². The van der Waals surface area contributed by atoms with Gasteiger partial charge in [0.15, 0.2) is 11.5 Å². The highest BCUT2D eigenvalue weighted by atomic mass is 79.9. The maximum Gasteiger partial charge on any atom is 0.266 e. The number of carbonyl (C=O) groups is 1. The number of rotatable bonds is 7. The standard InChI is InChI=1S/C30H25BrN2O3/c1-19-8-6-13-27(20(19)2)33-30(34)24(17-32)14-21-15-26(31)29(28(16-21)35-3)36-18-23-11-7-10-22-9-4-5-12-25(22)23/h4-16H,18H2,1-3H3,(H,33,34)/b24-14+. The van der Waals surface area contributed by atoms with Gasteiger partial charge in [-0.3, -0.25) is 4.79 Å². The third-order valence-electron chi connectivity index (χ3n) is 6.03. The second kappa shape index (κ2) is 11.1. The summed E-state index contributed by atoms with van der Waals surface area (Å²) >= 11 is 3.56. The largest absolute Gasteiger partial charge is 0.493 e. The molecule has 0 fully saturated rings. The van der Waals surface area contributed by atoms with Gasteiger partial charge >= 0.3 is 0 Å². The first-order valence-corrected chi connectivity index (χ1v) is 12.2. The van der Waals surface area contributed by atoms with Crippen molar-refractivity contribution in [1.29, 1.82) is 5.26 Å². The molecule has 6 heteroatoms. The lowest BCUT2D eigenvalue weighted by Crippen LogP contribution is -2.14. The Hall–Kier alpha value is -4.08. The smallest absolute Gasteiger partial charge is 0.266 e. The van der Waals surface area contributed by atoms with Gasteiger partial charge in [0.05, 0.1) is 11.6 Å². The van der Waals surface area contributed by atoms with E-state index in [0.29, 0.717) is 33.8 Å². The summed E-state index contributed by atoms with van der Waals surface area (Å²) in [6.45, 7) is 4.26. The van der Waals surface area contributed by atoms with E-state index in [1.165, 1.54) is 6.08 Å². The van der Waals surface area contributed by atoms with Crippen molar-refractivity contribution in [1.82, 2.24) is 0 Å². The fraction of sp³-hybridized carbons (Fsp3) is 0.133. The number of nitrogens with zero attached hydrogens (tertiary/aromatic N) is 1. The van der Waals surface area contributed by atoms with E-state index in [9.17, 15) is 10.1 Å². The maximum absolute atomic E-state index is 12.8. The highest BCUT2D eigenvalue weighted by Crippen LogP contribution is 2.38. The minimum absolute atomic E-state index is 0.0192. The van der Waals surface area contributed by atoms with Gasteiger partial charge in [0.1, 0.15) is 18.2 Å². The molecule has 5 nitrogen and oxygen atoms in total. The van der Waals surface area contributed by atoms with Crippen LogP contribution in [0.5, 0.6) is 11.5 Å². The second-order valence-electron chi connectivity index (χ2n) is 8.33. The van der Waals surface area contributed by atoms with E-state index in [0.717, 1.165) is 27.5 Å². The monoisotopic (exact) mass is 540 g/mol. The molecule has 4 aromatic rings. The summed E-state index contributed by atoms with van der Waals surface area (Å²) in [5.74, 6) is 0.557. The third kappa shape index (κ3) is 5.42. The van der Waals surface area contributed by atoms with Crippen molar-refractivity contribution in [2.75, 3.05) is 12.4 Å². The Morgan fingerprint density at radius 1 is 1.06 bits per heavy atom. The average Bonchev–Trinajstić information content (AvgIpc) is 2.88. The van der Waals surface area contributed by atoms with E-state index in [4.69, 9.17) is 9.47 Å². The molecule has 4 aromatic carbocycles. The zero-order valence-electron chi connectivity index (χ0n) is 20.3. The molecule has 0 aliphatic carbocycles. The molecule has 0 atom stereocenters. The van der Waals surface area contributed by atoms with Gasteiger partial charge in [-0.05, 0) is 87.1 Å². The molecule has 1 N–H and O–H groups in total. The first-order chi connectivity index (χ1) is 17.4. The van der Waals surface area contributed by atoms with Gasteiger partial charge in [-0.25, -0.2) is 0 Å². The molecule has 0 unspecified atom stereocenters. The predicted octanol–water partition coefficient (Wildman–Crippen LogP) is 7.35. The summed E-state index contributed by atoms with van der Waals surface area (Å²) in [5, 5.41) is 14.8. The number of hydrogen-bond acceptors (Lipinski definition) is 4. The Morgan fingerprint density at radius 3 is 2.58 bits per heavy atom. The van der Waals surface area contributed by atoms with Crippen molar-refractivity contribution < 1.29 is 14.3 Å². The fourth-order valence-corrected chi connectivity index (χ4v) is 4.50. The van der Waals surface area contributed by atoms with Gasteiger partial charge in [-0.2, -0.15) is 5.26 Å². The normalized spacial score (nSPS) is 11.1. The van der Waals surface area contributed by atoms with E-state index in [-0.39, 0.29) is 5.57 Å². The van der Waals surface area contributed by atoms with E-state index < -0.39 is 5.91 Å². The number of amides is 1. The van der Waals surface area contributed by atoms with Crippen LogP contribution >= 0.6 is 15.9 Å². The van der Waals surface area contributed by atoms with Crippen molar-refractivity contribution in [2.45, 2.75) is 20.5 Å². The quantitative estimate of drug-likeness (QED) is 0.196. The van der Waals surface area contributed by atoms with E-state index in [2.05, 4.69) is 39.4 Å². The molecule has 1 amide bonds. The van der Waals surface area contributed by atoms with E-state index >= 15 is 0 Å². The maximum atomic E-state index is 12.8. The van der Waals surface area contributed by atoms with Gasteiger partial charge < -0.3 is 14.8 Å². The summed E-state index contributed by atoms with van der Waals surface area (Å²) in [6, 6.07) is 25.5. The molecule has 0 radical (unpaired) electrons. The molecule has 0 spiro atoms. The number of nitrogens with one attached hydrogen (secondary N) is 1. The summed E-state index contributed by atoms with van der Waals surface area (Å²) in [4.78, 5) is 12.8. The molecule has 0 aromatic heterocycles. The molecule has 180 valence electrons. The Kier molecular flexibility index (Phi) is 7.72. The zero-order valence-corrected chi connectivity index (χ0v) is 21.8. The molecule has 0 aliphatic heterocycles. The first kappa shape index (κ1) is 25.0. The highest BCUT2D eigenvalue weighted by molar-refractivity contribution is 9.10. The van der Waals surface area contributed by atoms with Crippen LogP contribution in [0.2, 0.25) is 0 Å². The second-order valence-corrected chi connectivity index (χ2v) is 9.19. The van der Waals surface area contributed by atoms with Crippen LogP contribution in [0, 0.1) is 25.2 Å². The SMILES string of the molecule is COc1cc(/C=C(\C#N)C(=O)Nc2cccc(C)c2C)cc(Br)c1OCc1cccc2ccccc12. The average molecular weight is 541 g/mol. The van der Waals surface area contributed by atoms with Gasteiger partial charge in [-0.1, -0.05) is 54.6 Å². The van der Waals surface area contributed by atoms with Crippen molar-refractivity contribution in [3.8, 4) is 17.6 Å². The number of carbonyl (C=O) groups excluding carboxylic acids is 1. The highest BCUT2D eigenvalue weighted by Gasteiger charge is 2.15. The van der Waals surface area contributed by atoms with Crippen molar-refractivity contribution in [2.24, 2.45) is 0 Å². The molecule has 4 rings (SSSR count). The Morgan fingerprint density at radius 2 is 1.81 bits per heavy atom. The van der Waals surface area contributed by atoms with Crippen LogP contribution in [-0.2, 0) is 11.4 Å². The number of hydrogen-bond donors (Lipinski definition) is 1. The summed E-state index contributed by atoms with van der Waals surface area (Å²) in [7, 11) is 1.55. The number of methoxy groups -OCH3 is 1. The molecule has 0 aliphatic rings. The fourth-order valence-electron chi connectivity index (χ4n) is 3.92. The topological polar surface area (TPSA) is 71.3 Å². The molecular weight excluding hydrogens is 516 g/mol. The van der Waals surface area contributed by atoms with Crippen LogP contribution in [0.4, 0.5) is 5.69 Å². The van der Waals surface area contributed by atoms with Crippen molar-refractivity contribution in [3.63, 3.8) is 0 Å². The number of fused-ring (bicyclic) bond motifs is 1. The first-order valence-electron chi connectivity index (χ1n) is 11.4. The van der Waals surface area contributed by atoms with Crippen LogP contribution in [0.15, 0.2) is 82.8 Å². The molecule has 36 heavy (non-hydrogen) atoms. The van der Waals surface area contributed by atoms with E-state index in [1.807, 2.05) is 62.4 Å². The van der Waals surface area contributed by atoms with Gasteiger partial charge in [0.2, 0.25) is 0 Å². The Labute approximate surface area is 219 Å². The van der Waals surface area contributed by atoms with Crippen LogP contribution in [0.1, 0.15) is 22.3 Å². The molecular formula is C30H25BrN2O3. The summed E-state index contributed by atoms with van der Waals surface area (Å²) in [6.07, 6.45) is 1.53. The molecule has 0 saturated carbocycles. The molecule has 0 heterocycles. The van der Waals surface area contributed by atoms with Crippen LogP contribution < -0.4 is 14.8 Å². The van der Waals surface area contributed by atoms with Crippen molar-refractivity contribution in [3.05, 3.63) is 105 Å². The lowest BCUT2D eigenvalue weighted by Gasteiger charge is -2.15. The number of halogens is 1. The van der Waals surface area contributed by atoms with Gasteiger partial charge in [0.25, 0.3) is 5.91 Å². The minimum atomic E-state index is -0.474. The Bertz CT molecular complexity index is 1510. The summed E-state index contributed by atoms with van der Waals surface area (Å²) in [5.41, 5.74) is 4.36. The number of anilines is 1. The van der Waals surface area contributed by atoms with Crippen LogP contribution in [0.25, 0.3) is 16.8 Å². The molecule has 0 bridgehead atoms. The summed E-state index contributed by atoms with van der Waals surface area (Å²) < 4.78 is 12.4.